The first kappa shape index (κ1) is 19.8. The minimum absolute atomic E-state index is 0. The first-order chi connectivity index (χ1) is 12.3. The van der Waals surface area contributed by atoms with E-state index in [1.54, 1.807) is 0 Å². The van der Waals surface area contributed by atoms with E-state index in [0.29, 0.717) is 19.8 Å². The molecular weight excluding hydrogens is 346 g/mol. The summed E-state index contributed by atoms with van der Waals surface area (Å²) in [6, 6.07) is 24.5. The summed E-state index contributed by atoms with van der Waals surface area (Å²) in [6.07, 6.45) is 0. The van der Waals surface area contributed by atoms with Crippen molar-refractivity contribution < 1.29 is 9.47 Å². The molecule has 0 bridgehead atoms. The fourth-order valence-electron chi connectivity index (χ4n) is 2.64. The molecule has 26 heavy (non-hydrogen) atoms. The summed E-state index contributed by atoms with van der Waals surface area (Å²) in [5, 5.41) is 0. The normalized spacial score (nSPS) is 10.1. The molecule has 3 aromatic rings. The molecule has 136 valence electrons. The van der Waals surface area contributed by atoms with Crippen molar-refractivity contribution in [1.29, 1.82) is 0 Å². The van der Waals surface area contributed by atoms with Gasteiger partial charge in [-0.05, 0) is 53.4 Å². The Kier molecular flexibility index (Phi) is 7.52. The predicted molar refractivity (Wildman–Crippen MR) is 109 cm³/mol. The number of aryl methyl sites for hydroxylation is 1. The summed E-state index contributed by atoms with van der Waals surface area (Å²) >= 11 is 0. The van der Waals surface area contributed by atoms with Gasteiger partial charge in [-0.1, -0.05) is 48.5 Å². The summed E-state index contributed by atoms with van der Waals surface area (Å²) in [6.45, 7) is 3.68. The summed E-state index contributed by atoms with van der Waals surface area (Å²) in [5.41, 5.74) is 10.1. The van der Waals surface area contributed by atoms with Gasteiger partial charge in [-0.15, -0.1) is 12.4 Å². The van der Waals surface area contributed by atoms with E-state index in [1.807, 2.05) is 43.3 Å². The lowest BCUT2D eigenvalue weighted by molar-refractivity contribution is 0.306. The molecular formula is C22H24ClNO2. The van der Waals surface area contributed by atoms with Gasteiger partial charge in [0.2, 0.25) is 0 Å². The van der Waals surface area contributed by atoms with E-state index in [1.165, 1.54) is 0 Å². The van der Waals surface area contributed by atoms with Gasteiger partial charge in [0.15, 0.2) is 0 Å². The minimum atomic E-state index is 0. The van der Waals surface area contributed by atoms with Crippen LogP contribution in [0.3, 0.4) is 0 Å². The van der Waals surface area contributed by atoms with E-state index >= 15 is 0 Å². The maximum atomic E-state index is 5.84. The number of hydrogen-bond donors (Lipinski definition) is 1. The topological polar surface area (TPSA) is 44.5 Å². The highest BCUT2D eigenvalue weighted by Crippen LogP contribution is 2.27. The van der Waals surface area contributed by atoms with Crippen LogP contribution in [0.2, 0.25) is 0 Å². The van der Waals surface area contributed by atoms with Gasteiger partial charge in [0.1, 0.15) is 24.7 Å². The van der Waals surface area contributed by atoms with E-state index in [0.717, 1.165) is 33.8 Å². The SMILES string of the molecule is Cc1cc(-c2ccc(OCc3ccccc3)cc2)ccc1OCCN.Cl. The van der Waals surface area contributed by atoms with Crippen molar-refractivity contribution in [3.8, 4) is 22.6 Å². The van der Waals surface area contributed by atoms with E-state index in [4.69, 9.17) is 15.2 Å². The zero-order valence-electron chi connectivity index (χ0n) is 14.9. The van der Waals surface area contributed by atoms with E-state index < -0.39 is 0 Å². The lowest BCUT2D eigenvalue weighted by atomic mass is 10.0. The molecule has 0 aliphatic heterocycles. The zero-order chi connectivity index (χ0) is 17.5. The lowest BCUT2D eigenvalue weighted by Crippen LogP contribution is -2.11. The highest BCUT2D eigenvalue weighted by molar-refractivity contribution is 5.85. The third-order valence-corrected chi connectivity index (χ3v) is 3.99. The maximum absolute atomic E-state index is 5.84. The Morgan fingerprint density at radius 3 is 2.15 bits per heavy atom. The largest absolute Gasteiger partial charge is 0.492 e. The molecule has 0 amide bonds. The van der Waals surface area contributed by atoms with Crippen molar-refractivity contribution >= 4 is 12.4 Å². The van der Waals surface area contributed by atoms with Crippen molar-refractivity contribution in [1.82, 2.24) is 0 Å². The maximum Gasteiger partial charge on any atom is 0.122 e. The first-order valence-electron chi connectivity index (χ1n) is 8.47. The second kappa shape index (κ2) is 9.85. The first-order valence-corrected chi connectivity index (χ1v) is 8.47. The minimum Gasteiger partial charge on any atom is -0.492 e. The Balaban J connectivity index is 0.00000243. The molecule has 4 heteroatoms. The molecule has 0 atom stereocenters. The standard InChI is InChI=1S/C22H23NO2.ClH/c1-17-15-20(9-12-22(17)24-14-13-23)19-7-10-21(11-8-19)25-16-18-5-3-2-4-6-18;/h2-12,15H,13-14,16,23H2,1H3;1H. The second-order valence-corrected chi connectivity index (χ2v) is 5.92. The monoisotopic (exact) mass is 369 g/mol. The number of ether oxygens (including phenoxy) is 2. The predicted octanol–water partition coefficient (Wildman–Crippen LogP) is 5.00. The number of hydrogen-bond acceptors (Lipinski definition) is 3. The van der Waals surface area contributed by atoms with Crippen LogP contribution >= 0.6 is 12.4 Å². The molecule has 0 saturated carbocycles. The van der Waals surface area contributed by atoms with Crippen molar-refractivity contribution in [2.75, 3.05) is 13.2 Å². The third kappa shape index (κ3) is 5.25. The summed E-state index contributed by atoms with van der Waals surface area (Å²) in [7, 11) is 0. The lowest BCUT2D eigenvalue weighted by Gasteiger charge is -2.11. The fraction of sp³-hybridized carbons (Fsp3) is 0.182. The quantitative estimate of drug-likeness (QED) is 0.637. The Labute approximate surface area is 161 Å². The van der Waals surface area contributed by atoms with Crippen molar-refractivity contribution in [2.45, 2.75) is 13.5 Å². The molecule has 0 unspecified atom stereocenters. The Morgan fingerprint density at radius 2 is 1.50 bits per heavy atom. The van der Waals surface area contributed by atoms with Crippen LogP contribution in [0.5, 0.6) is 11.5 Å². The van der Waals surface area contributed by atoms with Crippen LogP contribution in [0, 0.1) is 6.92 Å². The molecule has 0 aliphatic rings. The average molecular weight is 370 g/mol. The van der Waals surface area contributed by atoms with Crippen LogP contribution in [-0.2, 0) is 6.61 Å². The third-order valence-electron chi connectivity index (χ3n) is 3.99. The van der Waals surface area contributed by atoms with Gasteiger partial charge in [-0.3, -0.25) is 0 Å². The molecule has 3 rings (SSSR count). The van der Waals surface area contributed by atoms with E-state index in [-0.39, 0.29) is 12.4 Å². The van der Waals surface area contributed by atoms with E-state index in [9.17, 15) is 0 Å². The molecule has 0 aromatic heterocycles. The highest BCUT2D eigenvalue weighted by Gasteiger charge is 2.04. The highest BCUT2D eigenvalue weighted by atomic mass is 35.5. The molecule has 0 saturated heterocycles. The Bertz CT molecular complexity index is 804. The number of benzene rings is 3. The van der Waals surface area contributed by atoms with Crippen molar-refractivity contribution in [2.24, 2.45) is 5.73 Å². The van der Waals surface area contributed by atoms with Gasteiger partial charge in [0, 0.05) is 6.54 Å². The summed E-state index contributed by atoms with van der Waals surface area (Å²) < 4.78 is 11.5. The van der Waals surface area contributed by atoms with Crippen LogP contribution in [0.15, 0.2) is 72.8 Å². The van der Waals surface area contributed by atoms with Crippen LogP contribution in [0.4, 0.5) is 0 Å². The molecule has 0 aliphatic carbocycles. The van der Waals surface area contributed by atoms with Crippen molar-refractivity contribution in [3.05, 3.63) is 83.9 Å². The zero-order valence-corrected chi connectivity index (χ0v) is 15.7. The molecule has 0 heterocycles. The number of halogens is 1. The fourth-order valence-corrected chi connectivity index (χ4v) is 2.64. The van der Waals surface area contributed by atoms with Gasteiger partial charge >= 0.3 is 0 Å². The molecule has 3 nitrogen and oxygen atoms in total. The molecule has 2 N–H and O–H groups in total. The van der Waals surface area contributed by atoms with Gasteiger partial charge in [-0.2, -0.15) is 0 Å². The van der Waals surface area contributed by atoms with Crippen molar-refractivity contribution in [3.63, 3.8) is 0 Å². The van der Waals surface area contributed by atoms with E-state index in [2.05, 4.69) is 36.4 Å². The van der Waals surface area contributed by atoms with Gasteiger partial charge in [-0.25, -0.2) is 0 Å². The smallest absolute Gasteiger partial charge is 0.122 e. The Morgan fingerprint density at radius 1 is 0.808 bits per heavy atom. The molecule has 0 spiro atoms. The van der Waals surface area contributed by atoms with Crippen LogP contribution in [0.1, 0.15) is 11.1 Å². The van der Waals surface area contributed by atoms with Crippen LogP contribution in [-0.4, -0.2) is 13.2 Å². The summed E-state index contributed by atoms with van der Waals surface area (Å²) in [5.74, 6) is 1.75. The van der Waals surface area contributed by atoms with Crippen LogP contribution < -0.4 is 15.2 Å². The summed E-state index contributed by atoms with van der Waals surface area (Å²) in [4.78, 5) is 0. The van der Waals surface area contributed by atoms with Gasteiger partial charge < -0.3 is 15.2 Å². The van der Waals surface area contributed by atoms with Crippen LogP contribution in [0.25, 0.3) is 11.1 Å². The second-order valence-electron chi connectivity index (χ2n) is 5.92. The van der Waals surface area contributed by atoms with Gasteiger partial charge in [0.05, 0.1) is 0 Å². The molecule has 0 radical (unpaired) electrons. The number of nitrogens with two attached hydrogens (primary N) is 1. The number of rotatable bonds is 7. The van der Waals surface area contributed by atoms with Gasteiger partial charge in [0.25, 0.3) is 0 Å². The molecule has 3 aromatic carbocycles. The average Bonchev–Trinajstić information content (AvgIpc) is 2.67. The molecule has 0 fully saturated rings. The Hall–Kier alpha value is -2.49.